The Labute approximate surface area is 74.0 Å². The molecule has 2 nitrogen and oxygen atoms in total. The first-order chi connectivity index (χ1) is 3.39. The van der Waals surface area contributed by atoms with Gasteiger partial charge in [-0.3, -0.25) is 0 Å². The van der Waals surface area contributed by atoms with Crippen molar-refractivity contribution in [1.82, 2.24) is 3.93 Å². The van der Waals surface area contributed by atoms with E-state index in [1.165, 1.54) is 0 Å². The van der Waals surface area contributed by atoms with Gasteiger partial charge >= 0.3 is 23.1 Å². The standard InChI is InChI=1S/C4H8BrNO.Mg.2H/c5-6-1-3-7-4-2-6;;;/h1-4H2;;;. The number of morpholine rings is 1. The number of hydrogen-bond acceptors (Lipinski definition) is 2. The molecule has 1 saturated heterocycles. The van der Waals surface area contributed by atoms with Gasteiger partial charge in [0.15, 0.2) is 0 Å². The van der Waals surface area contributed by atoms with Crippen LogP contribution in [-0.4, -0.2) is 53.3 Å². The largest absolute Gasteiger partial charge is 0.379 e. The van der Waals surface area contributed by atoms with E-state index < -0.39 is 0 Å². The first-order valence-corrected chi connectivity index (χ1v) is 3.09. The van der Waals surface area contributed by atoms with Crippen molar-refractivity contribution >= 4 is 39.2 Å². The molecule has 1 aliphatic heterocycles. The molecule has 8 heavy (non-hydrogen) atoms. The molecule has 0 aromatic carbocycles. The Morgan fingerprint density at radius 3 is 2.00 bits per heavy atom. The van der Waals surface area contributed by atoms with E-state index in [1.54, 1.807) is 0 Å². The highest BCUT2D eigenvalue weighted by molar-refractivity contribution is 9.07. The maximum absolute atomic E-state index is 5.07. The van der Waals surface area contributed by atoms with E-state index in [4.69, 9.17) is 4.74 Å². The van der Waals surface area contributed by atoms with Crippen molar-refractivity contribution in [3.05, 3.63) is 0 Å². The lowest BCUT2D eigenvalue weighted by Gasteiger charge is -2.18. The van der Waals surface area contributed by atoms with Crippen LogP contribution in [0.5, 0.6) is 0 Å². The molecule has 0 aromatic heterocycles. The molecule has 0 atom stereocenters. The minimum absolute atomic E-state index is 0. The molecule has 1 heterocycles. The van der Waals surface area contributed by atoms with E-state index in [-0.39, 0.29) is 23.1 Å². The van der Waals surface area contributed by atoms with E-state index >= 15 is 0 Å². The molecule has 0 saturated carbocycles. The number of hydrogen-bond donors (Lipinski definition) is 0. The predicted molar refractivity (Wildman–Crippen MR) is 39.9 cm³/mol. The molecule has 1 aliphatic rings. The first-order valence-electron chi connectivity index (χ1n) is 2.38. The molecular formula is C4H10BrMgNO. The summed E-state index contributed by atoms with van der Waals surface area (Å²) in [6.07, 6.45) is 0. The van der Waals surface area contributed by atoms with Crippen molar-refractivity contribution in [2.24, 2.45) is 0 Å². The average molecular weight is 192 g/mol. The van der Waals surface area contributed by atoms with Gasteiger partial charge in [-0.2, -0.15) is 0 Å². The summed E-state index contributed by atoms with van der Waals surface area (Å²) in [6.45, 7) is 3.76. The molecule has 1 fully saturated rings. The average Bonchev–Trinajstić information content (AvgIpc) is 1.69. The summed E-state index contributed by atoms with van der Waals surface area (Å²) < 4.78 is 7.15. The number of rotatable bonds is 0. The molecular weight excluding hydrogens is 182 g/mol. The van der Waals surface area contributed by atoms with Gasteiger partial charge in [-0.15, -0.1) is 0 Å². The van der Waals surface area contributed by atoms with Crippen LogP contribution in [-0.2, 0) is 4.74 Å². The summed E-state index contributed by atoms with van der Waals surface area (Å²) in [6, 6.07) is 0. The van der Waals surface area contributed by atoms with Crippen molar-refractivity contribution in [3.8, 4) is 0 Å². The van der Waals surface area contributed by atoms with Crippen LogP contribution in [0.4, 0.5) is 0 Å². The zero-order valence-corrected chi connectivity index (χ0v) is 5.65. The fraction of sp³-hybridized carbons (Fsp3) is 1.00. The van der Waals surface area contributed by atoms with Crippen LogP contribution in [0.15, 0.2) is 0 Å². The van der Waals surface area contributed by atoms with Crippen LogP contribution in [0.25, 0.3) is 0 Å². The Balaban J connectivity index is 0.000000490. The van der Waals surface area contributed by atoms with Crippen molar-refractivity contribution in [3.63, 3.8) is 0 Å². The minimum atomic E-state index is 0. The van der Waals surface area contributed by atoms with Crippen molar-refractivity contribution in [2.45, 2.75) is 0 Å². The fourth-order valence-corrected chi connectivity index (χ4v) is 0.831. The third-order valence-electron chi connectivity index (χ3n) is 0.957. The Morgan fingerprint density at radius 1 is 1.25 bits per heavy atom. The maximum atomic E-state index is 5.07. The molecule has 0 aliphatic carbocycles. The first kappa shape index (κ1) is 9.17. The molecule has 1 rings (SSSR count). The molecule has 0 spiro atoms. The second-order valence-corrected chi connectivity index (χ2v) is 2.53. The van der Waals surface area contributed by atoms with Gasteiger partial charge in [0.1, 0.15) is 0 Å². The molecule has 0 aromatic rings. The molecule has 0 radical (unpaired) electrons. The highest BCUT2D eigenvalue weighted by Gasteiger charge is 2.04. The van der Waals surface area contributed by atoms with E-state index in [0.717, 1.165) is 26.3 Å². The quantitative estimate of drug-likeness (QED) is 0.386. The van der Waals surface area contributed by atoms with Crippen molar-refractivity contribution in [2.75, 3.05) is 26.3 Å². The minimum Gasteiger partial charge on any atom is -0.379 e. The summed E-state index contributed by atoms with van der Waals surface area (Å²) >= 11 is 3.34. The van der Waals surface area contributed by atoms with Crippen LogP contribution in [0.1, 0.15) is 0 Å². The van der Waals surface area contributed by atoms with Crippen molar-refractivity contribution in [1.29, 1.82) is 0 Å². The summed E-state index contributed by atoms with van der Waals surface area (Å²) in [5.41, 5.74) is 0. The Bertz CT molecular complexity index is 58.0. The van der Waals surface area contributed by atoms with Gasteiger partial charge in [0.2, 0.25) is 0 Å². The third kappa shape index (κ3) is 3.24. The number of nitrogens with zero attached hydrogens (tertiary/aromatic N) is 1. The molecule has 0 N–H and O–H groups in total. The molecule has 4 heteroatoms. The predicted octanol–water partition coefficient (Wildman–Crippen LogP) is -0.288. The van der Waals surface area contributed by atoms with Crippen LogP contribution in [0, 0.1) is 0 Å². The summed E-state index contributed by atoms with van der Waals surface area (Å²) in [5.74, 6) is 0. The molecule has 0 amide bonds. The van der Waals surface area contributed by atoms with E-state index in [0.29, 0.717) is 0 Å². The van der Waals surface area contributed by atoms with Crippen molar-refractivity contribution < 1.29 is 4.74 Å². The topological polar surface area (TPSA) is 12.5 Å². The smallest absolute Gasteiger partial charge is 0.316 e. The van der Waals surface area contributed by atoms with E-state index in [1.807, 2.05) is 0 Å². The summed E-state index contributed by atoms with van der Waals surface area (Å²) in [5, 5.41) is 0. The number of ether oxygens (including phenoxy) is 1. The van der Waals surface area contributed by atoms with Gasteiger partial charge < -0.3 is 4.74 Å². The number of halogens is 1. The summed E-state index contributed by atoms with van der Waals surface area (Å²) in [4.78, 5) is 0. The van der Waals surface area contributed by atoms with Gasteiger partial charge in [-0.25, -0.2) is 3.93 Å². The Morgan fingerprint density at radius 2 is 1.75 bits per heavy atom. The highest BCUT2D eigenvalue weighted by Crippen LogP contribution is 2.00. The van der Waals surface area contributed by atoms with Crippen LogP contribution in [0.3, 0.4) is 0 Å². The van der Waals surface area contributed by atoms with Gasteiger partial charge in [-0.05, 0) is 0 Å². The lowest BCUT2D eigenvalue weighted by atomic mass is 10.5. The zero-order chi connectivity index (χ0) is 5.11. The third-order valence-corrected chi connectivity index (χ3v) is 1.67. The van der Waals surface area contributed by atoms with Crippen LogP contribution < -0.4 is 0 Å². The SMILES string of the molecule is BrN1CCOCC1.[MgH2]. The van der Waals surface area contributed by atoms with E-state index in [9.17, 15) is 0 Å². The zero-order valence-electron chi connectivity index (χ0n) is 4.06. The summed E-state index contributed by atoms with van der Waals surface area (Å²) in [7, 11) is 0. The molecule has 0 unspecified atom stereocenters. The second kappa shape index (κ2) is 4.99. The monoisotopic (exact) mass is 191 g/mol. The highest BCUT2D eigenvalue weighted by atomic mass is 79.9. The molecule has 0 bridgehead atoms. The normalized spacial score (nSPS) is 22.1. The second-order valence-electron chi connectivity index (χ2n) is 1.52. The maximum Gasteiger partial charge on any atom is 0.316 e. The van der Waals surface area contributed by atoms with Crippen LogP contribution >= 0.6 is 16.1 Å². The van der Waals surface area contributed by atoms with Gasteiger partial charge in [0.05, 0.1) is 13.2 Å². The molecule has 46 valence electrons. The van der Waals surface area contributed by atoms with Gasteiger partial charge in [0, 0.05) is 29.2 Å². The van der Waals surface area contributed by atoms with E-state index in [2.05, 4.69) is 20.1 Å². The lowest BCUT2D eigenvalue weighted by molar-refractivity contribution is 0.0800. The van der Waals surface area contributed by atoms with Crippen LogP contribution in [0.2, 0.25) is 0 Å². The lowest BCUT2D eigenvalue weighted by Crippen LogP contribution is -2.28. The van der Waals surface area contributed by atoms with Gasteiger partial charge in [-0.1, -0.05) is 0 Å². The Hall–Kier alpha value is 1.17. The Kier molecular flexibility index (Phi) is 5.72. The van der Waals surface area contributed by atoms with Gasteiger partial charge in [0.25, 0.3) is 0 Å². The fourth-order valence-electron chi connectivity index (χ4n) is 0.541.